The molecule has 3 aromatic rings. The molecule has 1 aromatic heterocycles. The molecule has 0 unspecified atom stereocenters. The molecule has 0 radical (unpaired) electrons. The van der Waals surface area contributed by atoms with Crippen molar-refractivity contribution in [2.24, 2.45) is 0 Å². The number of carbonyl (C=O) groups is 1. The molecule has 2 aromatic carbocycles. The molecule has 24 heavy (non-hydrogen) atoms. The van der Waals surface area contributed by atoms with Gasteiger partial charge in [0.25, 0.3) is 0 Å². The van der Waals surface area contributed by atoms with Gasteiger partial charge >= 0.3 is 0 Å². The predicted molar refractivity (Wildman–Crippen MR) is 92.0 cm³/mol. The van der Waals surface area contributed by atoms with Gasteiger partial charge in [-0.1, -0.05) is 36.4 Å². The van der Waals surface area contributed by atoms with E-state index in [4.69, 9.17) is 0 Å². The number of aryl methyl sites for hydroxylation is 2. The summed E-state index contributed by atoms with van der Waals surface area (Å²) in [5.41, 5.74) is 2.72. The molecule has 0 atom stereocenters. The van der Waals surface area contributed by atoms with Gasteiger partial charge in [0.1, 0.15) is 5.82 Å². The molecule has 0 aliphatic carbocycles. The minimum atomic E-state index is -0.286. The summed E-state index contributed by atoms with van der Waals surface area (Å²) >= 11 is 0. The first-order valence-corrected chi connectivity index (χ1v) is 7.95. The van der Waals surface area contributed by atoms with Gasteiger partial charge in [0.2, 0.25) is 5.91 Å². The summed E-state index contributed by atoms with van der Waals surface area (Å²) in [7, 11) is 1.70. The second kappa shape index (κ2) is 6.83. The summed E-state index contributed by atoms with van der Waals surface area (Å²) < 4.78 is 15.5. The average Bonchev–Trinajstić information content (AvgIpc) is 2.99. The second-order valence-corrected chi connectivity index (χ2v) is 5.97. The molecule has 0 bridgehead atoms. The maximum Gasteiger partial charge on any atom is 0.224 e. The molecule has 0 saturated heterocycles. The largest absolute Gasteiger partial charge is 0.341 e. The number of carbonyl (C=O) groups excluding carboxylic acids is 1. The number of benzene rings is 2. The minimum absolute atomic E-state index is 0.0320. The fraction of sp³-hybridized carbons (Fsp3) is 0.263. The van der Waals surface area contributed by atoms with Gasteiger partial charge in [-0.15, -0.1) is 0 Å². The molecule has 0 spiro atoms. The van der Waals surface area contributed by atoms with E-state index in [0.29, 0.717) is 18.5 Å². The highest BCUT2D eigenvalue weighted by Gasteiger charge is 2.13. The molecule has 1 amide bonds. The van der Waals surface area contributed by atoms with E-state index in [-0.39, 0.29) is 18.3 Å². The van der Waals surface area contributed by atoms with Gasteiger partial charge in [-0.05, 0) is 18.6 Å². The maximum atomic E-state index is 13.7. The van der Waals surface area contributed by atoms with Gasteiger partial charge in [0, 0.05) is 31.0 Å². The summed E-state index contributed by atoms with van der Waals surface area (Å²) in [5, 5.41) is 5.44. The van der Waals surface area contributed by atoms with Crippen molar-refractivity contribution >= 4 is 16.8 Å². The smallest absolute Gasteiger partial charge is 0.224 e. The van der Waals surface area contributed by atoms with Crippen LogP contribution in [-0.2, 0) is 17.9 Å². The Morgan fingerprint density at radius 1 is 1.21 bits per heavy atom. The number of halogens is 1. The number of hydrogen-bond donors (Lipinski definition) is 0. The average molecular weight is 325 g/mol. The van der Waals surface area contributed by atoms with Crippen LogP contribution in [0, 0.1) is 12.7 Å². The lowest BCUT2D eigenvalue weighted by Crippen LogP contribution is -2.27. The molecular weight excluding hydrogens is 305 g/mol. The van der Waals surface area contributed by atoms with Crippen molar-refractivity contribution in [3.8, 4) is 0 Å². The first kappa shape index (κ1) is 16.2. The number of para-hydroxylation sites is 1. The summed E-state index contributed by atoms with van der Waals surface area (Å²) in [5.74, 6) is -0.318. The van der Waals surface area contributed by atoms with Crippen molar-refractivity contribution < 1.29 is 9.18 Å². The fourth-order valence-corrected chi connectivity index (χ4v) is 2.86. The highest BCUT2D eigenvalue weighted by Crippen LogP contribution is 2.18. The number of fused-ring (bicyclic) bond motifs is 1. The number of rotatable bonds is 5. The predicted octanol–water partition coefficient (Wildman–Crippen LogP) is 3.53. The van der Waals surface area contributed by atoms with Crippen LogP contribution in [0.5, 0.6) is 0 Å². The molecule has 0 N–H and O–H groups in total. The van der Waals surface area contributed by atoms with Gasteiger partial charge in [-0.3, -0.25) is 9.48 Å². The summed E-state index contributed by atoms with van der Waals surface area (Å²) in [4.78, 5) is 13.9. The Bertz CT molecular complexity index is 872. The Kier molecular flexibility index (Phi) is 4.60. The number of hydrogen-bond acceptors (Lipinski definition) is 2. The van der Waals surface area contributed by atoms with Crippen molar-refractivity contribution in [1.29, 1.82) is 0 Å². The van der Waals surface area contributed by atoms with E-state index in [1.54, 1.807) is 30.1 Å². The topological polar surface area (TPSA) is 38.1 Å². The lowest BCUT2D eigenvalue weighted by atomic mass is 10.1. The standard InChI is InChI=1S/C19H20FN3O/c1-14-6-5-8-15-12-21-23(19(14)15)11-10-18(24)22(2)13-16-7-3-4-9-17(16)20/h3-9,12H,10-11,13H2,1-2H3. The number of aromatic nitrogens is 2. The third kappa shape index (κ3) is 3.30. The quantitative estimate of drug-likeness (QED) is 0.720. The van der Waals surface area contributed by atoms with Gasteiger partial charge in [0.05, 0.1) is 18.3 Å². The molecule has 3 rings (SSSR count). The van der Waals surface area contributed by atoms with E-state index >= 15 is 0 Å². The van der Waals surface area contributed by atoms with Gasteiger partial charge in [0.15, 0.2) is 0 Å². The van der Waals surface area contributed by atoms with Crippen molar-refractivity contribution in [2.45, 2.75) is 26.4 Å². The van der Waals surface area contributed by atoms with Crippen LogP contribution in [0.4, 0.5) is 4.39 Å². The molecule has 1 heterocycles. The lowest BCUT2D eigenvalue weighted by molar-refractivity contribution is -0.130. The van der Waals surface area contributed by atoms with Crippen LogP contribution in [0.1, 0.15) is 17.5 Å². The van der Waals surface area contributed by atoms with Crippen molar-refractivity contribution in [3.63, 3.8) is 0 Å². The monoisotopic (exact) mass is 325 g/mol. The van der Waals surface area contributed by atoms with E-state index < -0.39 is 0 Å². The van der Waals surface area contributed by atoms with Crippen LogP contribution in [0.25, 0.3) is 10.9 Å². The summed E-state index contributed by atoms with van der Waals surface area (Å²) in [6, 6.07) is 12.6. The highest BCUT2D eigenvalue weighted by atomic mass is 19.1. The van der Waals surface area contributed by atoms with Crippen LogP contribution in [-0.4, -0.2) is 27.6 Å². The van der Waals surface area contributed by atoms with Crippen LogP contribution in [0.2, 0.25) is 0 Å². The Hall–Kier alpha value is -2.69. The number of nitrogens with zero attached hydrogens (tertiary/aromatic N) is 3. The zero-order valence-electron chi connectivity index (χ0n) is 13.9. The van der Waals surface area contributed by atoms with Gasteiger partial charge < -0.3 is 4.90 Å². The first-order valence-electron chi connectivity index (χ1n) is 7.95. The van der Waals surface area contributed by atoms with Gasteiger partial charge in [-0.2, -0.15) is 5.10 Å². The zero-order chi connectivity index (χ0) is 17.1. The fourth-order valence-electron chi connectivity index (χ4n) is 2.86. The normalized spacial score (nSPS) is 11.0. The van der Waals surface area contributed by atoms with E-state index in [2.05, 4.69) is 5.10 Å². The second-order valence-electron chi connectivity index (χ2n) is 5.97. The van der Waals surface area contributed by atoms with Crippen LogP contribution in [0.3, 0.4) is 0 Å². The zero-order valence-corrected chi connectivity index (χ0v) is 13.9. The maximum absolute atomic E-state index is 13.7. The van der Waals surface area contributed by atoms with E-state index in [1.807, 2.05) is 36.0 Å². The van der Waals surface area contributed by atoms with Crippen LogP contribution < -0.4 is 0 Å². The Balaban J connectivity index is 1.65. The molecule has 0 fully saturated rings. The Morgan fingerprint density at radius 3 is 2.79 bits per heavy atom. The van der Waals surface area contributed by atoms with Crippen molar-refractivity contribution in [1.82, 2.24) is 14.7 Å². The van der Waals surface area contributed by atoms with Crippen molar-refractivity contribution in [3.05, 3.63) is 65.6 Å². The van der Waals surface area contributed by atoms with Crippen molar-refractivity contribution in [2.75, 3.05) is 7.05 Å². The molecule has 0 saturated carbocycles. The molecule has 4 nitrogen and oxygen atoms in total. The minimum Gasteiger partial charge on any atom is -0.341 e. The molecular formula is C19H20FN3O. The SMILES string of the molecule is Cc1cccc2cnn(CCC(=O)N(C)Cc3ccccc3F)c12. The van der Waals surface area contributed by atoms with Crippen LogP contribution in [0.15, 0.2) is 48.7 Å². The summed E-state index contributed by atoms with van der Waals surface area (Å²) in [6.07, 6.45) is 2.14. The molecule has 0 aliphatic rings. The Morgan fingerprint density at radius 2 is 2.00 bits per heavy atom. The number of amides is 1. The third-order valence-electron chi connectivity index (χ3n) is 4.19. The third-order valence-corrected chi connectivity index (χ3v) is 4.19. The molecule has 124 valence electrons. The lowest BCUT2D eigenvalue weighted by Gasteiger charge is -2.18. The first-order chi connectivity index (χ1) is 11.6. The van der Waals surface area contributed by atoms with E-state index in [9.17, 15) is 9.18 Å². The van der Waals surface area contributed by atoms with E-state index in [1.165, 1.54) is 6.07 Å². The highest BCUT2D eigenvalue weighted by molar-refractivity contribution is 5.82. The summed E-state index contributed by atoms with van der Waals surface area (Å²) in [6.45, 7) is 2.81. The van der Waals surface area contributed by atoms with E-state index in [0.717, 1.165) is 16.5 Å². The van der Waals surface area contributed by atoms with Crippen LogP contribution >= 0.6 is 0 Å². The molecule has 0 aliphatic heterocycles. The van der Waals surface area contributed by atoms with Gasteiger partial charge in [-0.25, -0.2) is 4.39 Å². The molecule has 5 heteroatoms. The Labute approximate surface area is 140 Å².